The van der Waals surface area contributed by atoms with Gasteiger partial charge in [0.25, 0.3) is 0 Å². The summed E-state index contributed by atoms with van der Waals surface area (Å²) in [5.41, 5.74) is 5.63. The van der Waals surface area contributed by atoms with Gasteiger partial charge in [0.1, 0.15) is 23.7 Å². The molecule has 0 fully saturated rings. The van der Waals surface area contributed by atoms with Gasteiger partial charge >= 0.3 is 0 Å². The zero-order valence-electron chi connectivity index (χ0n) is 11.0. The first-order valence-corrected chi connectivity index (χ1v) is 7.73. The number of benzene rings is 1. The molecule has 0 atom stereocenters. The van der Waals surface area contributed by atoms with Gasteiger partial charge in [0.2, 0.25) is 0 Å². The number of sulfone groups is 1. The predicted octanol–water partition coefficient (Wildman–Crippen LogP) is 1.38. The number of hydrogen-bond donors (Lipinski definition) is 1. The summed E-state index contributed by atoms with van der Waals surface area (Å²) < 4.78 is 39.3. The number of anilines is 1. The molecule has 0 saturated carbocycles. The van der Waals surface area contributed by atoms with Crippen molar-refractivity contribution in [2.24, 2.45) is 0 Å². The summed E-state index contributed by atoms with van der Waals surface area (Å²) >= 11 is 0. The zero-order chi connectivity index (χ0) is 14.8. The van der Waals surface area contributed by atoms with E-state index in [9.17, 15) is 12.8 Å². The van der Waals surface area contributed by atoms with Crippen molar-refractivity contribution in [1.82, 2.24) is 14.8 Å². The second-order valence-electron chi connectivity index (χ2n) is 4.34. The van der Waals surface area contributed by atoms with Gasteiger partial charge in [0, 0.05) is 6.54 Å². The summed E-state index contributed by atoms with van der Waals surface area (Å²) in [4.78, 5) is 3.72. The smallest absolute Gasteiger partial charge is 0.187 e. The van der Waals surface area contributed by atoms with Gasteiger partial charge < -0.3 is 5.73 Å². The average Bonchev–Trinajstić information content (AvgIpc) is 2.79. The molecule has 8 heteroatoms. The van der Waals surface area contributed by atoms with E-state index in [-0.39, 0.29) is 16.3 Å². The summed E-state index contributed by atoms with van der Waals surface area (Å²) in [5.74, 6) is -0.691. The fourth-order valence-corrected chi connectivity index (χ4v) is 3.26. The van der Waals surface area contributed by atoms with E-state index in [0.717, 1.165) is 18.6 Å². The maximum Gasteiger partial charge on any atom is 0.187 e. The monoisotopic (exact) mass is 298 g/mol. The molecule has 2 rings (SSSR count). The molecule has 0 unspecified atom stereocenters. The Bertz CT molecular complexity index is 712. The SMILES string of the molecule is CCCn1ncnc1CS(=O)(=O)c1cc(F)ccc1N. The average molecular weight is 298 g/mol. The molecule has 0 aliphatic rings. The van der Waals surface area contributed by atoms with Gasteiger partial charge in [-0.1, -0.05) is 6.92 Å². The molecule has 0 spiro atoms. The van der Waals surface area contributed by atoms with Crippen molar-refractivity contribution in [2.45, 2.75) is 30.5 Å². The van der Waals surface area contributed by atoms with Gasteiger partial charge in [0.15, 0.2) is 9.84 Å². The molecule has 2 aromatic rings. The van der Waals surface area contributed by atoms with Crippen molar-refractivity contribution < 1.29 is 12.8 Å². The molecule has 1 aromatic heterocycles. The molecule has 0 aliphatic carbocycles. The minimum Gasteiger partial charge on any atom is -0.398 e. The van der Waals surface area contributed by atoms with Gasteiger partial charge in [-0.2, -0.15) is 5.10 Å². The van der Waals surface area contributed by atoms with Crippen LogP contribution in [0.4, 0.5) is 10.1 Å². The Morgan fingerprint density at radius 1 is 1.40 bits per heavy atom. The highest BCUT2D eigenvalue weighted by Crippen LogP contribution is 2.22. The zero-order valence-corrected chi connectivity index (χ0v) is 11.8. The van der Waals surface area contributed by atoms with Gasteiger partial charge in [-0.25, -0.2) is 22.5 Å². The van der Waals surface area contributed by atoms with Crippen LogP contribution in [0, 0.1) is 5.82 Å². The van der Waals surface area contributed by atoms with Crippen molar-refractivity contribution in [3.63, 3.8) is 0 Å². The van der Waals surface area contributed by atoms with Crippen molar-refractivity contribution in [1.29, 1.82) is 0 Å². The lowest BCUT2D eigenvalue weighted by Crippen LogP contribution is -2.13. The third kappa shape index (κ3) is 2.96. The van der Waals surface area contributed by atoms with E-state index >= 15 is 0 Å². The lowest BCUT2D eigenvalue weighted by Gasteiger charge is -2.08. The molecular formula is C12H15FN4O2S. The fraction of sp³-hybridized carbons (Fsp3) is 0.333. The van der Waals surface area contributed by atoms with Crippen LogP contribution in [0.2, 0.25) is 0 Å². The number of halogens is 1. The number of rotatable bonds is 5. The van der Waals surface area contributed by atoms with Crippen molar-refractivity contribution in [3.05, 3.63) is 36.2 Å². The Morgan fingerprint density at radius 3 is 2.85 bits per heavy atom. The van der Waals surface area contributed by atoms with Crippen LogP contribution in [0.15, 0.2) is 29.4 Å². The van der Waals surface area contributed by atoms with Crippen LogP contribution in [-0.4, -0.2) is 23.2 Å². The van der Waals surface area contributed by atoms with Crippen molar-refractivity contribution in [2.75, 3.05) is 5.73 Å². The first kappa shape index (κ1) is 14.4. The third-order valence-electron chi connectivity index (χ3n) is 2.76. The van der Waals surface area contributed by atoms with Gasteiger partial charge in [0.05, 0.1) is 10.6 Å². The highest BCUT2D eigenvalue weighted by atomic mass is 32.2. The van der Waals surface area contributed by atoms with Crippen LogP contribution in [0.1, 0.15) is 19.2 Å². The molecule has 20 heavy (non-hydrogen) atoms. The molecule has 0 radical (unpaired) electrons. The normalized spacial score (nSPS) is 11.7. The summed E-state index contributed by atoms with van der Waals surface area (Å²) in [5, 5.41) is 3.96. The molecule has 0 amide bonds. The topological polar surface area (TPSA) is 90.9 Å². The van der Waals surface area contributed by atoms with E-state index in [0.29, 0.717) is 12.4 Å². The van der Waals surface area contributed by atoms with Crippen LogP contribution in [0.3, 0.4) is 0 Å². The van der Waals surface area contributed by atoms with Gasteiger partial charge in [-0.3, -0.25) is 0 Å². The van der Waals surface area contributed by atoms with Crippen LogP contribution in [-0.2, 0) is 22.1 Å². The van der Waals surface area contributed by atoms with Crippen LogP contribution in [0.25, 0.3) is 0 Å². The highest BCUT2D eigenvalue weighted by Gasteiger charge is 2.22. The Morgan fingerprint density at radius 2 is 2.15 bits per heavy atom. The fourth-order valence-electron chi connectivity index (χ4n) is 1.82. The third-order valence-corrected chi connectivity index (χ3v) is 4.42. The molecule has 108 valence electrons. The second kappa shape index (κ2) is 5.58. The molecule has 6 nitrogen and oxygen atoms in total. The molecule has 2 N–H and O–H groups in total. The summed E-state index contributed by atoms with van der Waals surface area (Å²) in [6, 6.07) is 3.28. The Balaban J connectivity index is 2.36. The Kier molecular flexibility index (Phi) is 4.03. The lowest BCUT2D eigenvalue weighted by molar-refractivity contribution is 0.565. The van der Waals surface area contributed by atoms with Crippen LogP contribution in [0.5, 0.6) is 0 Å². The minimum absolute atomic E-state index is 0.0213. The van der Waals surface area contributed by atoms with Crippen LogP contribution < -0.4 is 5.73 Å². The van der Waals surface area contributed by atoms with E-state index in [1.807, 2.05) is 6.92 Å². The number of hydrogen-bond acceptors (Lipinski definition) is 5. The number of nitrogen functional groups attached to an aromatic ring is 1. The molecule has 1 heterocycles. The van der Waals surface area contributed by atoms with Gasteiger partial charge in [-0.15, -0.1) is 0 Å². The largest absolute Gasteiger partial charge is 0.398 e. The lowest BCUT2D eigenvalue weighted by atomic mass is 10.3. The summed E-state index contributed by atoms with van der Waals surface area (Å²) in [6.45, 7) is 2.52. The van der Waals surface area contributed by atoms with E-state index in [4.69, 9.17) is 5.73 Å². The number of nitrogens with zero attached hydrogens (tertiary/aromatic N) is 3. The van der Waals surface area contributed by atoms with Crippen LogP contribution >= 0.6 is 0 Å². The molecule has 0 aliphatic heterocycles. The molecular weight excluding hydrogens is 283 g/mol. The molecule has 0 bridgehead atoms. The Labute approximate surface area is 116 Å². The first-order valence-electron chi connectivity index (χ1n) is 6.08. The van der Waals surface area contributed by atoms with Crippen molar-refractivity contribution >= 4 is 15.5 Å². The minimum atomic E-state index is -3.77. The number of nitrogens with two attached hydrogens (primary N) is 1. The predicted molar refractivity (Wildman–Crippen MR) is 72.0 cm³/mol. The Hall–Kier alpha value is -1.96. The van der Waals surface area contributed by atoms with E-state index in [1.54, 1.807) is 0 Å². The number of aromatic nitrogens is 3. The van der Waals surface area contributed by atoms with E-state index < -0.39 is 15.7 Å². The maximum atomic E-state index is 13.2. The second-order valence-corrected chi connectivity index (χ2v) is 6.30. The number of aryl methyl sites for hydroxylation is 1. The van der Waals surface area contributed by atoms with E-state index in [1.165, 1.54) is 17.1 Å². The maximum absolute atomic E-state index is 13.2. The quantitative estimate of drug-likeness (QED) is 0.842. The standard InChI is InChI=1S/C12H15FN4O2S/c1-2-5-17-12(15-8-16-17)7-20(18,19)11-6-9(13)3-4-10(11)14/h3-4,6,8H,2,5,7,14H2,1H3. The highest BCUT2D eigenvalue weighted by molar-refractivity contribution is 7.90. The van der Waals surface area contributed by atoms with E-state index in [2.05, 4.69) is 10.1 Å². The van der Waals surface area contributed by atoms with Gasteiger partial charge in [-0.05, 0) is 24.6 Å². The molecule has 1 aromatic carbocycles. The summed E-state index contributed by atoms with van der Waals surface area (Å²) in [6.07, 6.45) is 2.11. The van der Waals surface area contributed by atoms with Crippen molar-refractivity contribution in [3.8, 4) is 0 Å². The first-order chi connectivity index (χ1) is 9.44. The summed E-state index contributed by atoms with van der Waals surface area (Å²) in [7, 11) is -3.77. The molecule has 0 saturated heterocycles.